The van der Waals surface area contributed by atoms with E-state index in [1.807, 2.05) is 7.05 Å². The van der Waals surface area contributed by atoms with Gasteiger partial charge in [-0.15, -0.1) is 11.3 Å². The smallest absolute Gasteiger partial charge is 0.227 e. The Hall–Kier alpha value is -0.860. The van der Waals surface area contributed by atoms with Crippen molar-refractivity contribution in [2.24, 2.45) is 0 Å². The first-order valence-electron chi connectivity index (χ1n) is 9.02. The molecule has 0 radical (unpaired) electrons. The number of anilines is 1. The van der Waals surface area contributed by atoms with E-state index in [0.717, 1.165) is 42.6 Å². The number of carbonyl (C=O) groups excluding carboxylic acids is 1. The standard InChI is InChI=1S/C20H22BrNO3S2/c1-22-16-5-4-14(11-13(16)3-6-18(22)23)26-19-15(21)12-17(27-19)20(24-2)7-9-25-10-8-20/h4-5,11-12H,3,6-10H2,1-2H3. The van der Waals surface area contributed by atoms with E-state index in [4.69, 9.17) is 9.47 Å². The van der Waals surface area contributed by atoms with E-state index in [9.17, 15) is 4.79 Å². The highest BCUT2D eigenvalue weighted by Gasteiger charge is 2.36. The lowest BCUT2D eigenvalue weighted by Crippen LogP contribution is -2.34. The van der Waals surface area contributed by atoms with Gasteiger partial charge in [0.15, 0.2) is 0 Å². The molecule has 0 N–H and O–H groups in total. The predicted octanol–water partition coefficient (Wildman–Crippen LogP) is 5.22. The second-order valence-electron chi connectivity index (χ2n) is 6.90. The van der Waals surface area contributed by atoms with Crippen LogP contribution >= 0.6 is 39.0 Å². The minimum absolute atomic E-state index is 0.190. The molecule has 0 spiro atoms. The second kappa shape index (κ2) is 7.87. The Bertz CT molecular complexity index is 861. The first-order chi connectivity index (χ1) is 13.0. The van der Waals surface area contributed by atoms with Crippen LogP contribution in [0.15, 0.2) is 37.8 Å². The van der Waals surface area contributed by atoms with Crippen molar-refractivity contribution < 1.29 is 14.3 Å². The van der Waals surface area contributed by atoms with Crippen LogP contribution in [0.3, 0.4) is 0 Å². The molecule has 4 rings (SSSR count). The van der Waals surface area contributed by atoms with Crippen molar-refractivity contribution in [3.05, 3.63) is 39.2 Å². The number of benzene rings is 1. The topological polar surface area (TPSA) is 38.8 Å². The van der Waals surface area contributed by atoms with Gasteiger partial charge in [-0.2, -0.15) is 0 Å². The zero-order valence-corrected chi connectivity index (χ0v) is 18.6. The van der Waals surface area contributed by atoms with E-state index in [-0.39, 0.29) is 11.5 Å². The predicted molar refractivity (Wildman–Crippen MR) is 113 cm³/mol. The van der Waals surface area contributed by atoms with Gasteiger partial charge in [-0.25, -0.2) is 0 Å². The van der Waals surface area contributed by atoms with Gasteiger partial charge < -0.3 is 14.4 Å². The molecule has 1 aromatic heterocycles. The third-order valence-corrected chi connectivity index (χ3v) is 9.06. The molecule has 2 aliphatic heterocycles. The summed E-state index contributed by atoms with van der Waals surface area (Å²) in [5, 5.41) is 0. The molecule has 0 bridgehead atoms. The molecule has 1 fully saturated rings. The molecule has 4 nitrogen and oxygen atoms in total. The van der Waals surface area contributed by atoms with Gasteiger partial charge in [0.25, 0.3) is 0 Å². The minimum atomic E-state index is -0.233. The third kappa shape index (κ3) is 3.72. The highest BCUT2D eigenvalue weighted by Crippen LogP contribution is 2.47. The van der Waals surface area contributed by atoms with E-state index in [1.165, 1.54) is 19.5 Å². The number of fused-ring (bicyclic) bond motifs is 1. The van der Waals surface area contributed by atoms with Crippen molar-refractivity contribution >= 4 is 50.6 Å². The van der Waals surface area contributed by atoms with Crippen molar-refractivity contribution in [3.63, 3.8) is 0 Å². The minimum Gasteiger partial charge on any atom is -0.381 e. The largest absolute Gasteiger partial charge is 0.381 e. The number of nitrogens with zero attached hydrogens (tertiary/aromatic N) is 1. The maximum atomic E-state index is 11.9. The van der Waals surface area contributed by atoms with Crippen molar-refractivity contribution in [2.75, 3.05) is 32.3 Å². The normalized spacial score (nSPS) is 19.2. The molecule has 0 unspecified atom stereocenters. The van der Waals surface area contributed by atoms with Gasteiger partial charge in [-0.1, -0.05) is 11.8 Å². The van der Waals surface area contributed by atoms with E-state index in [1.54, 1.807) is 35.1 Å². The molecule has 0 atom stereocenters. The first kappa shape index (κ1) is 19.5. The van der Waals surface area contributed by atoms with Gasteiger partial charge in [0, 0.05) is 66.6 Å². The summed E-state index contributed by atoms with van der Waals surface area (Å²) in [5.41, 5.74) is 2.04. The summed E-state index contributed by atoms with van der Waals surface area (Å²) in [4.78, 5) is 16.1. The fourth-order valence-electron chi connectivity index (χ4n) is 3.70. The monoisotopic (exact) mass is 467 g/mol. The number of hydrogen-bond donors (Lipinski definition) is 0. The molecule has 1 saturated heterocycles. The Morgan fingerprint density at radius 3 is 2.78 bits per heavy atom. The van der Waals surface area contributed by atoms with Gasteiger partial charge in [-0.3, -0.25) is 4.79 Å². The van der Waals surface area contributed by atoms with Gasteiger partial charge >= 0.3 is 0 Å². The molecule has 3 heterocycles. The summed E-state index contributed by atoms with van der Waals surface area (Å²) in [6.45, 7) is 1.48. The van der Waals surface area contributed by atoms with E-state index >= 15 is 0 Å². The SMILES string of the molecule is COC1(c2cc(Br)c(Sc3ccc4c(c3)CCC(=O)N4C)s2)CCOCC1. The lowest BCUT2D eigenvalue weighted by Gasteiger charge is -2.35. The number of ether oxygens (including phenoxy) is 2. The van der Waals surface area contributed by atoms with Crippen molar-refractivity contribution in [3.8, 4) is 0 Å². The van der Waals surface area contributed by atoms with Crippen LogP contribution in [0.4, 0.5) is 5.69 Å². The highest BCUT2D eigenvalue weighted by atomic mass is 79.9. The summed E-state index contributed by atoms with van der Waals surface area (Å²) in [6.07, 6.45) is 3.18. The van der Waals surface area contributed by atoms with Crippen LogP contribution in [0.25, 0.3) is 0 Å². The first-order valence-corrected chi connectivity index (χ1v) is 11.4. The number of halogens is 1. The number of methoxy groups -OCH3 is 1. The molecule has 27 heavy (non-hydrogen) atoms. The highest BCUT2D eigenvalue weighted by molar-refractivity contribution is 9.10. The summed E-state index contributed by atoms with van der Waals surface area (Å²) in [6, 6.07) is 8.58. The Kier molecular flexibility index (Phi) is 5.67. The Balaban J connectivity index is 1.59. The van der Waals surface area contributed by atoms with Crippen LogP contribution < -0.4 is 4.90 Å². The van der Waals surface area contributed by atoms with Gasteiger partial charge in [-0.05, 0) is 52.2 Å². The maximum absolute atomic E-state index is 11.9. The quantitative estimate of drug-likeness (QED) is 0.617. The zero-order chi connectivity index (χ0) is 19.0. The van der Waals surface area contributed by atoms with Gasteiger partial charge in [0.1, 0.15) is 5.60 Å². The van der Waals surface area contributed by atoms with Crippen LogP contribution in [0, 0.1) is 0 Å². The van der Waals surface area contributed by atoms with Crippen LogP contribution in [0.2, 0.25) is 0 Å². The molecule has 1 amide bonds. The molecule has 0 aliphatic carbocycles. The third-order valence-electron chi connectivity index (χ3n) is 5.40. The number of rotatable bonds is 4. The number of thiophene rings is 1. The Morgan fingerprint density at radius 2 is 2.04 bits per heavy atom. The zero-order valence-electron chi connectivity index (χ0n) is 15.4. The molecule has 144 valence electrons. The van der Waals surface area contributed by atoms with E-state index < -0.39 is 0 Å². The van der Waals surface area contributed by atoms with Gasteiger partial charge in [0.05, 0.1) is 4.21 Å². The summed E-state index contributed by atoms with van der Waals surface area (Å²) in [7, 11) is 3.65. The number of carbonyl (C=O) groups is 1. The second-order valence-corrected chi connectivity index (χ2v) is 10.2. The number of amides is 1. The number of aryl methyl sites for hydroxylation is 1. The molecule has 2 aliphatic rings. The Morgan fingerprint density at radius 1 is 1.26 bits per heavy atom. The lowest BCUT2D eigenvalue weighted by atomic mass is 9.92. The van der Waals surface area contributed by atoms with Crippen molar-refractivity contribution in [1.29, 1.82) is 0 Å². The lowest BCUT2D eigenvalue weighted by molar-refractivity contribution is -0.118. The summed E-state index contributed by atoms with van der Waals surface area (Å²) < 4.78 is 13.8. The summed E-state index contributed by atoms with van der Waals surface area (Å²) >= 11 is 7.29. The van der Waals surface area contributed by atoms with Gasteiger partial charge in [0.2, 0.25) is 5.91 Å². The average Bonchev–Trinajstić information content (AvgIpc) is 3.06. The van der Waals surface area contributed by atoms with Crippen LogP contribution in [0.5, 0.6) is 0 Å². The molecule has 7 heteroatoms. The summed E-state index contributed by atoms with van der Waals surface area (Å²) in [5.74, 6) is 0.190. The molecule has 1 aromatic carbocycles. The molecular weight excluding hydrogens is 446 g/mol. The van der Waals surface area contributed by atoms with Crippen LogP contribution in [-0.2, 0) is 26.3 Å². The maximum Gasteiger partial charge on any atom is 0.227 e. The molecular formula is C20H22BrNO3S2. The Labute approximate surface area is 176 Å². The van der Waals surface area contributed by atoms with Crippen LogP contribution in [0.1, 0.15) is 29.7 Å². The van der Waals surface area contributed by atoms with E-state index in [0.29, 0.717) is 6.42 Å². The van der Waals surface area contributed by atoms with Crippen molar-refractivity contribution in [2.45, 2.75) is 40.4 Å². The molecule has 2 aromatic rings. The number of hydrogen-bond acceptors (Lipinski definition) is 5. The van der Waals surface area contributed by atoms with Crippen LogP contribution in [-0.4, -0.2) is 33.3 Å². The fourth-order valence-corrected chi connectivity index (χ4v) is 7.01. The molecule has 0 saturated carbocycles. The van der Waals surface area contributed by atoms with Crippen molar-refractivity contribution in [1.82, 2.24) is 0 Å². The fraction of sp³-hybridized carbons (Fsp3) is 0.450. The average molecular weight is 468 g/mol. The van der Waals surface area contributed by atoms with E-state index in [2.05, 4.69) is 40.2 Å².